The molecule has 20 heavy (non-hydrogen) atoms. The molecule has 1 aliphatic heterocycles. The number of rotatable bonds is 4. The zero-order valence-corrected chi connectivity index (χ0v) is 12.1. The highest BCUT2D eigenvalue weighted by molar-refractivity contribution is 6.08. The molecule has 1 spiro atoms. The fraction of sp³-hybridized carbons (Fsp3) is 0.786. The number of nitrogens with one attached hydrogen (secondary N) is 1. The summed E-state index contributed by atoms with van der Waals surface area (Å²) in [6.45, 7) is 3.89. The average Bonchev–Trinajstić information content (AvgIpc) is 2.65. The van der Waals surface area contributed by atoms with Crippen LogP contribution < -0.4 is 5.32 Å². The minimum Gasteiger partial charge on any atom is -0.464 e. The van der Waals surface area contributed by atoms with Gasteiger partial charge in [0.25, 0.3) is 5.91 Å². The second-order valence-corrected chi connectivity index (χ2v) is 5.66. The third-order valence-corrected chi connectivity index (χ3v) is 4.26. The molecule has 0 aromatic rings. The predicted molar refractivity (Wildman–Crippen MR) is 71.9 cm³/mol. The SMILES string of the molecule is CCCOC(=O)CN1C(=O)N[C@@]2(CCCC[C@@H]2C)C1=O. The number of nitrogens with zero attached hydrogens (tertiary/aromatic N) is 1. The van der Waals surface area contributed by atoms with Crippen molar-refractivity contribution in [2.75, 3.05) is 13.2 Å². The van der Waals surface area contributed by atoms with Gasteiger partial charge in [-0.1, -0.05) is 26.7 Å². The number of imide groups is 1. The molecule has 2 fully saturated rings. The van der Waals surface area contributed by atoms with E-state index in [0.29, 0.717) is 19.4 Å². The molecule has 1 heterocycles. The summed E-state index contributed by atoms with van der Waals surface area (Å²) >= 11 is 0. The number of hydrogen-bond acceptors (Lipinski definition) is 4. The molecule has 0 aromatic carbocycles. The summed E-state index contributed by atoms with van der Waals surface area (Å²) in [5.74, 6) is -0.705. The standard InChI is InChI=1S/C14H22N2O4/c1-3-8-20-11(17)9-16-12(18)14(15-13(16)19)7-5-4-6-10(14)2/h10H,3-9H2,1-2H3,(H,15,19)/t10-,14+/m0/s1. The summed E-state index contributed by atoms with van der Waals surface area (Å²) in [6, 6.07) is -0.475. The monoisotopic (exact) mass is 282 g/mol. The third-order valence-electron chi connectivity index (χ3n) is 4.26. The quantitative estimate of drug-likeness (QED) is 0.625. The van der Waals surface area contributed by atoms with Crippen LogP contribution in [0.1, 0.15) is 46.0 Å². The summed E-state index contributed by atoms with van der Waals surface area (Å²) in [4.78, 5) is 37.2. The minimum atomic E-state index is -0.805. The Morgan fingerprint density at radius 1 is 1.45 bits per heavy atom. The first-order chi connectivity index (χ1) is 9.51. The van der Waals surface area contributed by atoms with Crippen molar-refractivity contribution >= 4 is 17.9 Å². The van der Waals surface area contributed by atoms with Crippen LogP contribution in [0.4, 0.5) is 4.79 Å². The highest BCUT2D eigenvalue weighted by Crippen LogP contribution is 2.38. The van der Waals surface area contributed by atoms with E-state index in [1.54, 1.807) is 0 Å². The highest BCUT2D eigenvalue weighted by Gasteiger charge is 2.55. The Labute approximate surface area is 118 Å². The van der Waals surface area contributed by atoms with Crippen LogP contribution >= 0.6 is 0 Å². The van der Waals surface area contributed by atoms with E-state index in [9.17, 15) is 14.4 Å². The molecule has 2 rings (SSSR count). The van der Waals surface area contributed by atoms with E-state index in [0.717, 1.165) is 24.2 Å². The number of esters is 1. The van der Waals surface area contributed by atoms with Gasteiger partial charge in [-0.3, -0.25) is 14.5 Å². The fourth-order valence-corrected chi connectivity index (χ4v) is 3.03. The number of amides is 3. The van der Waals surface area contributed by atoms with Gasteiger partial charge in [-0.05, 0) is 25.2 Å². The van der Waals surface area contributed by atoms with E-state index < -0.39 is 17.5 Å². The Kier molecular flexibility index (Phi) is 4.30. The molecule has 6 nitrogen and oxygen atoms in total. The maximum atomic E-state index is 12.5. The molecule has 0 radical (unpaired) electrons. The van der Waals surface area contributed by atoms with Crippen LogP contribution in [0, 0.1) is 5.92 Å². The number of carbonyl (C=O) groups excluding carboxylic acids is 3. The number of ether oxygens (including phenoxy) is 1. The Balaban J connectivity index is 2.07. The Bertz CT molecular complexity index is 423. The van der Waals surface area contributed by atoms with Gasteiger partial charge in [0.15, 0.2) is 0 Å². The topological polar surface area (TPSA) is 75.7 Å². The van der Waals surface area contributed by atoms with E-state index in [1.807, 2.05) is 13.8 Å². The van der Waals surface area contributed by atoms with Crippen LogP contribution in [-0.2, 0) is 14.3 Å². The molecule has 6 heteroatoms. The molecule has 0 unspecified atom stereocenters. The van der Waals surface area contributed by atoms with Crippen LogP contribution in [0.2, 0.25) is 0 Å². The lowest BCUT2D eigenvalue weighted by Crippen LogP contribution is -2.54. The third kappa shape index (κ3) is 2.51. The zero-order valence-electron chi connectivity index (χ0n) is 12.1. The maximum absolute atomic E-state index is 12.5. The molecular formula is C14H22N2O4. The van der Waals surface area contributed by atoms with Crippen LogP contribution in [0.25, 0.3) is 0 Å². The highest BCUT2D eigenvalue weighted by atomic mass is 16.5. The van der Waals surface area contributed by atoms with Gasteiger partial charge in [-0.2, -0.15) is 0 Å². The smallest absolute Gasteiger partial charge is 0.326 e. The Hall–Kier alpha value is -1.59. The molecule has 1 N–H and O–H groups in total. The van der Waals surface area contributed by atoms with Crippen molar-refractivity contribution in [2.45, 2.75) is 51.5 Å². The minimum absolute atomic E-state index is 0.101. The normalized spacial score (nSPS) is 29.7. The van der Waals surface area contributed by atoms with Crippen molar-refractivity contribution in [2.24, 2.45) is 5.92 Å². The fourth-order valence-electron chi connectivity index (χ4n) is 3.03. The van der Waals surface area contributed by atoms with Gasteiger partial charge >= 0.3 is 12.0 Å². The van der Waals surface area contributed by atoms with E-state index >= 15 is 0 Å². The van der Waals surface area contributed by atoms with Gasteiger partial charge in [0.2, 0.25) is 0 Å². The second kappa shape index (κ2) is 5.81. The first-order valence-corrected chi connectivity index (χ1v) is 7.31. The molecule has 1 saturated heterocycles. The molecule has 0 bridgehead atoms. The van der Waals surface area contributed by atoms with E-state index in [4.69, 9.17) is 4.74 Å². The van der Waals surface area contributed by atoms with Crippen molar-refractivity contribution in [3.05, 3.63) is 0 Å². The van der Waals surface area contributed by atoms with Crippen molar-refractivity contribution in [1.82, 2.24) is 10.2 Å². The van der Waals surface area contributed by atoms with Crippen LogP contribution in [-0.4, -0.2) is 41.5 Å². The first-order valence-electron chi connectivity index (χ1n) is 7.31. The summed E-state index contributed by atoms with van der Waals surface area (Å²) in [6.07, 6.45) is 4.28. The van der Waals surface area contributed by atoms with Gasteiger partial charge in [0.1, 0.15) is 12.1 Å². The summed E-state index contributed by atoms with van der Waals surface area (Å²) in [5, 5.41) is 2.81. The van der Waals surface area contributed by atoms with Crippen molar-refractivity contribution in [3.63, 3.8) is 0 Å². The van der Waals surface area contributed by atoms with Gasteiger partial charge in [-0.25, -0.2) is 4.79 Å². The van der Waals surface area contributed by atoms with Crippen LogP contribution in [0.5, 0.6) is 0 Å². The van der Waals surface area contributed by atoms with Gasteiger partial charge in [-0.15, -0.1) is 0 Å². The average molecular weight is 282 g/mol. The number of urea groups is 1. The van der Waals surface area contributed by atoms with E-state index in [-0.39, 0.29) is 18.4 Å². The molecule has 1 saturated carbocycles. The largest absolute Gasteiger partial charge is 0.464 e. The van der Waals surface area contributed by atoms with Crippen molar-refractivity contribution in [1.29, 1.82) is 0 Å². The molecular weight excluding hydrogens is 260 g/mol. The summed E-state index contributed by atoms with van der Waals surface area (Å²) < 4.78 is 4.94. The Morgan fingerprint density at radius 3 is 2.85 bits per heavy atom. The predicted octanol–water partition coefficient (Wildman–Crippen LogP) is 1.44. The maximum Gasteiger partial charge on any atom is 0.326 e. The second-order valence-electron chi connectivity index (χ2n) is 5.66. The molecule has 2 atom stereocenters. The van der Waals surface area contributed by atoms with Gasteiger partial charge < -0.3 is 10.1 Å². The van der Waals surface area contributed by atoms with Crippen molar-refractivity contribution < 1.29 is 19.1 Å². The summed E-state index contributed by atoms with van der Waals surface area (Å²) in [7, 11) is 0. The van der Waals surface area contributed by atoms with E-state index in [2.05, 4.69) is 5.32 Å². The molecule has 3 amide bonds. The first kappa shape index (κ1) is 14.8. The van der Waals surface area contributed by atoms with Crippen molar-refractivity contribution in [3.8, 4) is 0 Å². The lowest BCUT2D eigenvalue weighted by atomic mass is 9.73. The zero-order chi connectivity index (χ0) is 14.8. The van der Waals surface area contributed by atoms with Crippen LogP contribution in [0.15, 0.2) is 0 Å². The Morgan fingerprint density at radius 2 is 2.20 bits per heavy atom. The van der Waals surface area contributed by atoms with E-state index in [1.165, 1.54) is 0 Å². The number of carbonyl (C=O) groups is 3. The number of hydrogen-bond donors (Lipinski definition) is 1. The van der Waals surface area contributed by atoms with Gasteiger partial charge in [0.05, 0.1) is 6.61 Å². The van der Waals surface area contributed by atoms with Gasteiger partial charge in [0, 0.05) is 0 Å². The molecule has 2 aliphatic rings. The molecule has 1 aliphatic carbocycles. The molecule has 112 valence electrons. The van der Waals surface area contributed by atoms with Crippen LogP contribution in [0.3, 0.4) is 0 Å². The molecule has 0 aromatic heterocycles. The lowest BCUT2D eigenvalue weighted by Gasteiger charge is -2.36. The lowest BCUT2D eigenvalue weighted by molar-refractivity contribution is -0.148. The summed E-state index contributed by atoms with van der Waals surface area (Å²) in [5.41, 5.74) is -0.805.